The monoisotopic (exact) mass is 336 g/mol. The van der Waals surface area contributed by atoms with Gasteiger partial charge in [0.25, 0.3) is 0 Å². The molecule has 1 amide bonds. The van der Waals surface area contributed by atoms with Gasteiger partial charge in [-0.25, -0.2) is 0 Å². The molecule has 0 saturated carbocycles. The van der Waals surface area contributed by atoms with Crippen molar-refractivity contribution in [3.05, 3.63) is 24.2 Å². The number of ether oxygens (including phenoxy) is 1. The topological polar surface area (TPSA) is 66.2 Å². The van der Waals surface area contributed by atoms with Crippen molar-refractivity contribution in [2.24, 2.45) is 0 Å². The Kier molecular flexibility index (Phi) is 5.92. The molecule has 1 N–H and O–H groups in total. The zero-order chi connectivity index (χ0) is 16.9. The van der Waals surface area contributed by atoms with Crippen molar-refractivity contribution in [2.45, 2.75) is 57.4 Å². The van der Waals surface area contributed by atoms with E-state index in [9.17, 15) is 9.90 Å². The van der Waals surface area contributed by atoms with E-state index < -0.39 is 6.10 Å². The SMILES string of the molecule is CC(=O)N1CCCC1C1CCCN1CC(O)COCc1ccco1. The maximum atomic E-state index is 11.8. The Labute approximate surface area is 143 Å². The number of nitrogens with zero attached hydrogens (tertiary/aromatic N) is 2. The maximum absolute atomic E-state index is 11.8. The zero-order valence-electron chi connectivity index (χ0n) is 14.4. The second-order valence-electron chi connectivity index (χ2n) is 6.87. The highest BCUT2D eigenvalue weighted by molar-refractivity contribution is 5.74. The number of β-amino-alcohol motifs (C(OH)–C–C–N with tert-alkyl or cyclic N) is 1. The molecule has 3 rings (SSSR count). The Morgan fingerprint density at radius 3 is 2.92 bits per heavy atom. The average Bonchev–Trinajstić information content (AvgIpc) is 3.28. The van der Waals surface area contributed by atoms with E-state index in [0.717, 1.165) is 44.5 Å². The van der Waals surface area contributed by atoms with Gasteiger partial charge in [0.2, 0.25) is 5.91 Å². The molecule has 0 aliphatic carbocycles. The zero-order valence-corrected chi connectivity index (χ0v) is 14.4. The molecule has 24 heavy (non-hydrogen) atoms. The van der Waals surface area contributed by atoms with Crippen LogP contribution < -0.4 is 0 Å². The largest absolute Gasteiger partial charge is 0.467 e. The maximum Gasteiger partial charge on any atom is 0.219 e. The molecule has 2 fully saturated rings. The van der Waals surface area contributed by atoms with Crippen molar-refractivity contribution in [1.82, 2.24) is 9.80 Å². The van der Waals surface area contributed by atoms with Gasteiger partial charge < -0.3 is 19.2 Å². The number of hydrogen-bond acceptors (Lipinski definition) is 5. The van der Waals surface area contributed by atoms with Crippen molar-refractivity contribution < 1.29 is 19.1 Å². The summed E-state index contributed by atoms with van der Waals surface area (Å²) >= 11 is 0. The second kappa shape index (κ2) is 8.14. The highest BCUT2D eigenvalue weighted by atomic mass is 16.5. The summed E-state index contributed by atoms with van der Waals surface area (Å²) in [6, 6.07) is 4.36. The van der Waals surface area contributed by atoms with Crippen LogP contribution in [0, 0.1) is 0 Å². The summed E-state index contributed by atoms with van der Waals surface area (Å²) in [6.45, 7) is 4.81. The van der Waals surface area contributed by atoms with Gasteiger partial charge in [0.1, 0.15) is 12.4 Å². The fraction of sp³-hybridized carbons (Fsp3) is 0.722. The quantitative estimate of drug-likeness (QED) is 0.820. The van der Waals surface area contributed by atoms with Gasteiger partial charge in [-0.3, -0.25) is 9.69 Å². The van der Waals surface area contributed by atoms with Crippen molar-refractivity contribution in [2.75, 3.05) is 26.2 Å². The minimum absolute atomic E-state index is 0.173. The number of furan rings is 1. The van der Waals surface area contributed by atoms with Crippen molar-refractivity contribution in [3.8, 4) is 0 Å². The predicted molar refractivity (Wildman–Crippen MR) is 89.4 cm³/mol. The van der Waals surface area contributed by atoms with Crippen LogP contribution in [0.5, 0.6) is 0 Å². The summed E-state index contributed by atoms with van der Waals surface area (Å²) in [6.07, 6.45) is 5.50. The highest BCUT2D eigenvalue weighted by Gasteiger charge is 2.39. The van der Waals surface area contributed by atoms with E-state index in [4.69, 9.17) is 9.15 Å². The van der Waals surface area contributed by atoms with E-state index in [-0.39, 0.29) is 5.91 Å². The van der Waals surface area contributed by atoms with Crippen LogP contribution in [0.1, 0.15) is 38.4 Å². The number of likely N-dealkylation sites (tertiary alicyclic amines) is 2. The number of hydrogen-bond donors (Lipinski definition) is 1. The molecular formula is C18H28N2O4. The van der Waals surface area contributed by atoms with Crippen molar-refractivity contribution >= 4 is 5.91 Å². The van der Waals surface area contributed by atoms with E-state index in [1.165, 1.54) is 0 Å². The molecule has 0 aromatic carbocycles. The Morgan fingerprint density at radius 2 is 2.17 bits per heavy atom. The first kappa shape index (κ1) is 17.5. The summed E-state index contributed by atoms with van der Waals surface area (Å²) < 4.78 is 10.7. The molecule has 0 radical (unpaired) electrons. The molecule has 1 aromatic heterocycles. The van der Waals surface area contributed by atoms with Gasteiger partial charge in [-0.05, 0) is 44.4 Å². The molecule has 0 bridgehead atoms. The van der Waals surface area contributed by atoms with E-state index in [1.807, 2.05) is 17.0 Å². The van der Waals surface area contributed by atoms with Gasteiger partial charge in [0, 0.05) is 32.1 Å². The fourth-order valence-electron chi connectivity index (χ4n) is 4.11. The number of amides is 1. The van der Waals surface area contributed by atoms with Crippen LogP contribution in [0.15, 0.2) is 22.8 Å². The standard InChI is InChI=1S/C18H28N2O4/c1-14(21)20-9-3-7-18(20)17-6-2-8-19(17)11-15(22)12-23-13-16-5-4-10-24-16/h4-5,10,15,17-18,22H,2-3,6-9,11-13H2,1H3. The fourth-order valence-corrected chi connectivity index (χ4v) is 4.11. The van der Waals surface area contributed by atoms with E-state index in [1.54, 1.807) is 13.2 Å². The Morgan fingerprint density at radius 1 is 1.38 bits per heavy atom. The number of aliphatic hydroxyl groups is 1. The van der Waals surface area contributed by atoms with Gasteiger partial charge in [-0.1, -0.05) is 0 Å². The number of rotatable bonds is 7. The third-order valence-electron chi connectivity index (χ3n) is 5.14. The van der Waals surface area contributed by atoms with Gasteiger partial charge in [-0.15, -0.1) is 0 Å². The van der Waals surface area contributed by atoms with Gasteiger partial charge in [0.05, 0.1) is 19.0 Å². The third-order valence-corrected chi connectivity index (χ3v) is 5.14. The van der Waals surface area contributed by atoms with Crippen LogP contribution in [-0.2, 0) is 16.1 Å². The van der Waals surface area contributed by atoms with E-state index >= 15 is 0 Å². The normalized spacial score (nSPS) is 26.2. The second-order valence-corrected chi connectivity index (χ2v) is 6.87. The molecule has 1 aromatic rings. The molecule has 6 heteroatoms. The number of aliphatic hydroxyl groups excluding tert-OH is 1. The van der Waals surface area contributed by atoms with Crippen LogP contribution in [0.2, 0.25) is 0 Å². The molecule has 134 valence electrons. The lowest BCUT2D eigenvalue weighted by Crippen LogP contribution is -2.49. The van der Waals surface area contributed by atoms with Crippen LogP contribution >= 0.6 is 0 Å². The Hall–Kier alpha value is -1.37. The molecule has 2 saturated heterocycles. The lowest BCUT2D eigenvalue weighted by molar-refractivity contribution is -0.130. The summed E-state index contributed by atoms with van der Waals surface area (Å²) in [5, 5.41) is 10.3. The predicted octanol–water partition coefficient (Wildman–Crippen LogP) is 1.63. The molecule has 0 spiro atoms. The van der Waals surface area contributed by atoms with Gasteiger partial charge in [0.15, 0.2) is 0 Å². The van der Waals surface area contributed by atoms with Gasteiger partial charge >= 0.3 is 0 Å². The first-order valence-corrected chi connectivity index (χ1v) is 8.94. The molecule has 6 nitrogen and oxygen atoms in total. The Balaban J connectivity index is 1.47. The first-order chi connectivity index (χ1) is 11.6. The van der Waals surface area contributed by atoms with Crippen LogP contribution in [0.25, 0.3) is 0 Å². The third kappa shape index (κ3) is 4.18. The number of carbonyl (C=O) groups excluding carboxylic acids is 1. The van der Waals surface area contributed by atoms with E-state index in [0.29, 0.717) is 31.8 Å². The summed E-state index contributed by atoms with van der Waals surface area (Å²) in [5.41, 5.74) is 0. The lowest BCUT2D eigenvalue weighted by atomic mass is 10.0. The Bertz CT molecular complexity index is 519. The smallest absolute Gasteiger partial charge is 0.219 e. The molecule has 3 unspecified atom stereocenters. The van der Waals surface area contributed by atoms with Crippen LogP contribution in [0.3, 0.4) is 0 Å². The van der Waals surface area contributed by atoms with Crippen molar-refractivity contribution in [3.63, 3.8) is 0 Å². The minimum Gasteiger partial charge on any atom is -0.467 e. The molecule has 3 heterocycles. The first-order valence-electron chi connectivity index (χ1n) is 8.94. The van der Waals surface area contributed by atoms with Gasteiger partial charge in [-0.2, -0.15) is 0 Å². The minimum atomic E-state index is -0.521. The highest BCUT2D eigenvalue weighted by Crippen LogP contribution is 2.30. The van der Waals surface area contributed by atoms with Crippen LogP contribution in [-0.4, -0.2) is 65.2 Å². The van der Waals surface area contributed by atoms with Crippen LogP contribution in [0.4, 0.5) is 0 Å². The molecule has 3 atom stereocenters. The molecule has 2 aliphatic heterocycles. The summed E-state index contributed by atoms with van der Waals surface area (Å²) in [4.78, 5) is 16.2. The number of carbonyl (C=O) groups is 1. The lowest BCUT2D eigenvalue weighted by Gasteiger charge is -2.35. The molecule has 2 aliphatic rings. The average molecular weight is 336 g/mol. The van der Waals surface area contributed by atoms with Crippen molar-refractivity contribution in [1.29, 1.82) is 0 Å². The van der Waals surface area contributed by atoms with E-state index in [2.05, 4.69) is 4.90 Å². The molecular weight excluding hydrogens is 308 g/mol. The summed E-state index contributed by atoms with van der Waals surface area (Å²) in [7, 11) is 0. The summed E-state index contributed by atoms with van der Waals surface area (Å²) in [5.74, 6) is 0.941.